The third-order valence-electron chi connectivity index (χ3n) is 3.67. The van der Waals surface area contributed by atoms with Crippen LogP contribution in [0.2, 0.25) is 0 Å². The molecular weight excluding hydrogens is 261 g/mol. The molecule has 19 heavy (non-hydrogen) atoms. The fraction of sp³-hybridized carbons (Fsp3) is 0.600. The second-order valence-corrected chi connectivity index (χ2v) is 6.54. The largest absolute Gasteiger partial charge is 0.396 e. The van der Waals surface area contributed by atoms with Gasteiger partial charge in [-0.3, -0.25) is 0 Å². The van der Waals surface area contributed by atoms with E-state index in [9.17, 15) is 4.39 Å². The van der Waals surface area contributed by atoms with Crippen molar-refractivity contribution in [3.63, 3.8) is 0 Å². The molecule has 0 aromatic heterocycles. The molecule has 1 aromatic carbocycles. The topological polar surface area (TPSA) is 32.3 Å². The predicted molar refractivity (Wildman–Crippen MR) is 77.9 cm³/mol. The van der Waals surface area contributed by atoms with E-state index in [0.717, 1.165) is 24.2 Å². The molecule has 1 aromatic rings. The second-order valence-electron chi connectivity index (χ2n) is 5.40. The van der Waals surface area contributed by atoms with Gasteiger partial charge >= 0.3 is 0 Å². The molecule has 2 nitrogen and oxygen atoms in total. The summed E-state index contributed by atoms with van der Waals surface area (Å²) in [6, 6.07) is 5.52. The maximum atomic E-state index is 13.4. The van der Waals surface area contributed by atoms with Crippen molar-refractivity contribution in [1.29, 1.82) is 0 Å². The van der Waals surface area contributed by atoms with E-state index in [4.69, 9.17) is 5.11 Å². The molecule has 0 radical (unpaired) electrons. The van der Waals surface area contributed by atoms with Crippen molar-refractivity contribution >= 4 is 11.8 Å². The average Bonchev–Trinajstić information content (AvgIpc) is 2.38. The van der Waals surface area contributed by atoms with Gasteiger partial charge in [-0.2, -0.15) is 0 Å². The van der Waals surface area contributed by atoms with Gasteiger partial charge in [0.05, 0.1) is 0 Å². The van der Waals surface area contributed by atoms with Crippen LogP contribution >= 0.6 is 11.8 Å². The van der Waals surface area contributed by atoms with Gasteiger partial charge in [-0.15, -0.1) is 11.8 Å². The van der Waals surface area contributed by atoms with Gasteiger partial charge in [0.15, 0.2) is 0 Å². The number of hydrogen-bond acceptors (Lipinski definition) is 3. The minimum absolute atomic E-state index is 0.170. The Morgan fingerprint density at radius 3 is 2.95 bits per heavy atom. The fourth-order valence-electron chi connectivity index (χ4n) is 2.55. The van der Waals surface area contributed by atoms with Gasteiger partial charge in [-0.1, -0.05) is 13.8 Å². The summed E-state index contributed by atoms with van der Waals surface area (Å²) < 4.78 is 13.4. The molecule has 0 spiro atoms. The lowest BCUT2D eigenvalue weighted by atomic mass is 9.96. The molecule has 0 saturated carbocycles. The number of benzene rings is 1. The zero-order valence-electron chi connectivity index (χ0n) is 11.5. The highest BCUT2D eigenvalue weighted by Crippen LogP contribution is 2.37. The van der Waals surface area contributed by atoms with Gasteiger partial charge in [-0.25, -0.2) is 4.39 Å². The SMILES string of the molecule is CC(C)C(CCO)NC1CCSc2ccc(F)cc21. The summed E-state index contributed by atoms with van der Waals surface area (Å²) in [5.41, 5.74) is 1.07. The Bertz CT molecular complexity index is 425. The number of rotatable bonds is 5. The Morgan fingerprint density at radius 1 is 1.47 bits per heavy atom. The second kappa shape index (κ2) is 6.73. The van der Waals surface area contributed by atoms with Crippen molar-refractivity contribution in [3.8, 4) is 0 Å². The van der Waals surface area contributed by atoms with Gasteiger partial charge in [0, 0.05) is 23.6 Å². The quantitative estimate of drug-likeness (QED) is 0.869. The Balaban J connectivity index is 2.16. The molecule has 0 fully saturated rings. The summed E-state index contributed by atoms with van der Waals surface area (Å²) in [6.45, 7) is 4.49. The van der Waals surface area contributed by atoms with Crippen LogP contribution in [0.4, 0.5) is 4.39 Å². The van der Waals surface area contributed by atoms with E-state index in [2.05, 4.69) is 19.2 Å². The molecule has 2 atom stereocenters. The molecule has 2 rings (SSSR count). The Labute approximate surface area is 118 Å². The van der Waals surface area contributed by atoms with E-state index < -0.39 is 0 Å². The minimum Gasteiger partial charge on any atom is -0.396 e. The first-order valence-electron chi connectivity index (χ1n) is 6.91. The molecule has 0 aliphatic carbocycles. The van der Waals surface area contributed by atoms with Crippen molar-refractivity contribution in [2.24, 2.45) is 5.92 Å². The number of nitrogens with one attached hydrogen (secondary N) is 1. The lowest BCUT2D eigenvalue weighted by Crippen LogP contribution is -2.38. The van der Waals surface area contributed by atoms with Crippen LogP contribution in [0.5, 0.6) is 0 Å². The van der Waals surface area contributed by atoms with Crippen LogP contribution in [0.1, 0.15) is 38.3 Å². The van der Waals surface area contributed by atoms with Crippen LogP contribution in [0.3, 0.4) is 0 Å². The lowest BCUT2D eigenvalue weighted by molar-refractivity contribution is 0.233. The summed E-state index contributed by atoms with van der Waals surface area (Å²) in [5.74, 6) is 1.34. The van der Waals surface area contributed by atoms with Crippen LogP contribution in [-0.4, -0.2) is 23.5 Å². The molecular formula is C15H22FNOS. The van der Waals surface area contributed by atoms with E-state index in [1.54, 1.807) is 17.8 Å². The standard InChI is InChI=1S/C15H22FNOS/c1-10(2)13(5-7-18)17-14-6-8-19-15-4-3-11(16)9-12(14)15/h3-4,9-10,13-14,17-18H,5-8H2,1-2H3. The molecule has 1 aliphatic heterocycles. The zero-order chi connectivity index (χ0) is 13.8. The van der Waals surface area contributed by atoms with E-state index >= 15 is 0 Å². The fourth-order valence-corrected chi connectivity index (χ4v) is 3.65. The van der Waals surface area contributed by atoms with Gasteiger partial charge in [0.25, 0.3) is 0 Å². The van der Waals surface area contributed by atoms with Gasteiger partial charge in [0.2, 0.25) is 0 Å². The summed E-state index contributed by atoms with van der Waals surface area (Å²) in [4.78, 5) is 1.18. The Kier molecular flexibility index (Phi) is 5.25. The molecule has 0 saturated heterocycles. The molecule has 106 valence electrons. The number of fused-ring (bicyclic) bond motifs is 1. The highest BCUT2D eigenvalue weighted by atomic mass is 32.2. The highest BCUT2D eigenvalue weighted by molar-refractivity contribution is 7.99. The van der Waals surface area contributed by atoms with Crippen molar-refractivity contribution in [2.45, 2.75) is 43.7 Å². The van der Waals surface area contributed by atoms with Crippen LogP contribution in [-0.2, 0) is 0 Å². The maximum Gasteiger partial charge on any atom is 0.123 e. The van der Waals surface area contributed by atoms with Crippen molar-refractivity contribution in [1.82, 2.24) is 5.32 Å². The molecule has 2 N–H and O–H groups in total. The highest BCUT2D eigenvalue weighted by Gasteiger charge is 2.24. The lowest BCUT2D eigenvalue weighted by Gasteiger charge is -2.32. The molecule has 1 aliphatic rings. The first-order valence-corrected chi connectivity index (χ1v) is 7.89. The van der Waals surface area contributed by atoms with Crippen molar-refractivity contribution < 1.29 is 9.50 Å². The summed E-state index contributed by atoms with van der Waals surface area (Å²) in [6.07, 6.45) is 1.75. The van der Waals surface area contributed by atoms with E-state index in [1.807, 2.05) is 6.07 Å². The first-order chi connectivity index (χ1) is 9.11. The normalized spacial score (nSPS) is 20.4. The van der Waals surface area contributed by atoms with Crippen LogP contribution in [0.25, 0.3) is 0 Å². The Morgan fingerprint density at radius 2 is 2.26 bits per heavy atom. The number of aliphatic hydroxyl groups excluding tert-OH is 1. The average molecular weight is 283 g/mol. The van der Waals surface area contributed by atoms with E-state index in [-0.39, 0.29) is 24.5 Å². The van der Waals surface area contributed by atoms with Crippen LogP contribution in [0.15, 0.2) is 23.1 Å². The molecule has 0 amide bonds. The molecule has 2 unspecified atom stereocenters. The maximum absolute atomic E-state index is 13.4. The first kappa shape index (κ1) is 14.8. The third-order valence-corrected chi connectivity index (χ3v) is 4.79. The Hall–Kier alpha value is -0.580. The predicted octanol–water partition coefficient (Wildman–Crippen LogP) is 3.36. The summed E-state index contributed by atoms with van der Waals surface area (Å²) >= 11 is 1.79. The molecule has 1 heterocycles. The number of thioether (sulfide) groups is 1. The summed E-state index contributed by atoms with van der Waals surface area (Å²) in [5, 5.41) is 12.8. The number of aliphatic hydroxyl groups is 1. The van der Waals surface area contributed by atoms with Crippen LogP contribution < -0.4 is 5.32 Å². The van der Waals surface area contributed by atoms with Gasteiger partial charge < -0.3 is 10.4 Å². The zero-order valence-corrected chi connectivity index (χ0v) is 12.3. The number of hydrogen-bond donors (Lipinski definition) is 2. The van der Waals surface area contributed by atoms with Gasteiger partial charge in [-0.05, 0) is 48.3 Å². The van der Waals surface area contributed by atoms with E-state index in [0.29, 0.717) is 5.92 Å². The smallest absolute Gasteiger partial charge is 0.123 e. The van der Waals surface area contributed by atoms with Gasteiger partial charge in [0.1, 0.15) is 5.82 Å². The van der Waals surface area contributed by atoms with Crippen molar-refractivity contribution in [2.75, 3.05) is 12.4 Å². The van der Waals surface area contributed by atoms with Crippen LogP contribution in [0, 0.1) is 11.7 Å². The molecule has 0 bridgehead atoms. The van der Waals surface area contributed by atoms with E-state index in [1.165, 1.54) is 11.0 Å². The third kappa shape index (κ3) is 3.71. The summed E-state index contributed by atoms with van der Waals surface area (Å²) in [7, 11) is 0. The minimum atomic E-state index is -0.170. The van der Waals surface area contributed by atoms with Crippen molar-refractivity contribution in [3.05, 3.63) is 29.6 Å². The number of halogens is 1. The monoisotopic (exact) mass is 283 g/mol. The molecule has 4 heteroatoms.